The summed E-state index contributed by atoms with van der Waals surface area (Å²) in [7, 11) is -5.28. The quantitative estimate of drug-likeness (QED) is 0.0405. The van der Waals surface area contributed by atoms with Crippen LogP contribution < -0.4 is 68.9 Å². The van der Waals surface area contributed by atoms with E-state index in [0.717, 1.165) is 19.3 Å². The van der Waals surface area contributed by atoms with Gasteiger partial charge in [-0.2, -0.15) is 0 Å². The molecule has 0 saturated heterocycles. The van der Waals surface area contributed by atoms with Crippen molar-refractivity contribution in [1.82, 2.24) is 0 Å². The Morgan fingerprint density at radius 1 is 0.763 bits per heavy atom. The fraction of sp³-hybridized carbons (Fsp3) is 0.704. The maximum absolute atomic E-state index is 12.1. The fourth-order valence-corrected chi connectivity index (χ4v) is 3.58. The van der Waals surface area contributed by atoms with Gasteiger partial charge in [0.2, 0.25) is 0 Å². The van der Waals surface area contributed by atoms with E-state index in [1.807, 2.05) is 0 Å². The van der Waals surface area contributed by atoms with Crippen LogP contribution in [0.3, 0.4) is 0 Å². The first kappa shape index (κ1) is 42.2. The van der Waals surface area contributed by atoms with Crippen molar-refractivity contribution in [3.63, 3.8) is 0 Å². The van der Waals surface area contributed by atoms with Gasteiger partial charge in [-0.05, 0) is 37.0 Å². The van der Waals surface area contributed by atoms with Gasteiger partial charge >= 0.3 is 71.1 Å². The molecule has 8 nitrogen and oxygen atoms in total. The Kier molecular flexibility index (Phi) is 33.0. The van der Waals surface area contributed by atoms with E-state index in [2.05, 4.69) is 47.0 Å². The predicted octanol–water partition coefficient (Wildman–Crippen LogP) is -2.19. The number of carbonyl (C=O) groups excluding carboxylic acids is 2. The second-order valence-corrected chi connectivity index (χ2v) is 9.47. The number of hydrogen-bond donors (Lipinski definition) is 0. The number of hydrogen-bond acceptors (Lipinski definition) is 8. The number of carbonyl (C=O) groups is 2. The minimum atomic E-state index is -5.28. The molecule has 0 saturated carbocycles. The molecule has 0 N–H and O–H groups in total. The van der Waals surface area contributed by atoms with Gasteiger partial charge in [0, 0.05) is 12.3 Å². The minimum absolute atomic E-state index is 0. The van der Waals surface area contributed by atoms with E-state index in [0.29, 0.717) is 6.42 Å². The molecule has 0 heterocycles. The van der Waals surface area contributed by atoms with Crippen LogP contribution in [0.4, 0.5) is 0 Å². The van der Waals surface area contributed by atoms with Crippen LogP contribution in [0, 0.1) is 35.5 Å². The van der Waals surface area contributed by atoms with E-state index in [4.69, 9.17) is 9.47 Å². The van der Waals surface area contributed by atoms with E-state index in [-0.39, 0.29) is 65.5 Å². The molecule has 0 bridgehead atoms. The van der Waals surface area contributed by atoms with E-state index in [1.165, 1.54) is 57.8 Å². The maximum Gasteiger partial charge on any atom is 1.00 e. The molecule has 0 aromatic carbocycles. The van der Waals surface area contributed by atoms with Crippen LogP contribution in [-0.4, -0.2) is 31.3 Å². The largest absolute Gasteiger partial charge is 1.00 e. The van der Waals surface area contributed by atoms with Crippen LogP contribution in [0.2, 0.25) is 0 Å². The summed E-state index contributed by atoms with van der Waals surface area (Å²) in [6.45, 7) is 2.56. The normalized spacial score (nSPS) is 10.5. The van der Waals surface area contributed by atoms with Crippen LogP contribution >= 0.6 is 7.82 Å². The van der Waals surface area contributed by atoms with Crippen molar-refractivity contribution in [1.29, 1.82) is 0 Å². The number of esters is 2. The van der Waals surface area contributed by atoms with Gasteiger partial charge in [-0.3, -0.25) is 4.79 Å². The summed E-state index contributed by atoms with van der Waals surface area (Å²) in [6.07, 6.45) is 14.1. The van der Waals surface area contributed by atoms with E-state index < -0.39 is 39.1 Å². The Bertz CT molecular complexity index is 856. The standard InChI is InChI=1S/C27H41O8P.2Na/c1-3-5-7-9-10-11-12-13-14-15-16-18-20-22-27(29)35-25(24-34-36(30,31)32)23-33-26(28)21-19-17-8-6-4-2;;/h25H,3,5,7,9-16,18,20,22-24H2,1-2H3,(H2,30,31,32);;/q;2*+1/p-2/t25-;;/m1../s1. The second-order valence-electron chi connectivity index (χ2n) is 8.32. The van der Waals surface area contributed by atoms with Gasteiger partial charge in [-0.1, -0.05) is 89.9 Å². The molecule has 202 valence electrons. The van der Waals surface area contributed by atoms with Crippen LogP contribution in [0.15, 0.2) is 0 Å². The Balaban J connectivity index is -0.00000612. The van der Waals surface area contributed by atoms with Gasteiger partial charge in [-0.15, -0.1) is 0 Å². The van der Waals surface area contributed by atoms with Crippen molar-refractivity contribution in [3.8, 4) is 35.5 Å². The monoisotopic (exact) mass is 568 g/mol. The second kappa shape index (κ2) is 29.7. The van der Waals surface area contributed by atoms with Crippen LogP contribution in [0.5, 0.6) is 0 Å². The molecule has 0 aromatic rings. The molecule has 0 aliphatic rings. The first-order chi connectivity index (χ1) is 17.3. The topological polar surface area (TPSA) is 125 Å². The third kappa shape index (κ3) is 31.9. The number of phosphoric ester groups is 1. The third-order valence-electron chi connectivity index (χ3n) is 5.08. The molecule has 0 aromatic heterocycles. The van der Waals surface area contributed by atoms with Gasteiger partial charge in [0.05, 0.1) is 14.4 Å². The van der Waals surface area contributed by atoms with Gasteiger partial charge in [0.25, 0.3) is 0 Å². The molecule has 38 heavy (non-hydrogen) atoms. The number of unbranched alkanes of at least 4 members (excludes halogenated alkanes) is 12. The average Bonchev–Trinajstić information content (AvgIpc) is 2.83. The zero-order chi connectivity index (χ0) is 26.9. The first-order valence-electron chi connectivity index (χ1n) is 12.7. The summed E-state index contributed by atoms with van der Waals surface area (Å²) in [4.78, 5) is 45.2. The predicted molar refractivity (Wildman–Crippen MR) is 134 cm³/mol. The summed E-state index contributed by atoms with van der Waals surface area (Å²) in [5.41, 5.74) is 0. The molecule has 0 radical (unpaired) electrons. The third-order valence-corrected chi connectivity index (χ3v) is 5.54. The van der Waals surface area contributed by atoms with Crippen molar-refractivity contribution < 1.29 is 97.1 Å². The average molecular weight is 569 g/mol. The van der Waals surface area contributed by atoms with Crippen molar-refractivity contribution in [3.05, 3.63) is 0 Å². The smallest absolute Gasteiger partial charge is 0.790 e. The molecule has 0 spiro atoms. The Morgan fingerprint density at radius 3 is 1.76 bits per heavy atom. The molecular weight excluding hydrogens is 529 g/mol. The van der Waals surface area contributed by atoms with Crippen molar-refractivity contribution in [2.24, 2.45) is 0 Å². The first-order valence-corrected chi connectivity index (χ1v) is 14.2. The Morgan fingerprint density at radius 2 is 1.26 bits per heavy atom. The van der Waals surface area contributed by atoms with Crippen molar-refractivity contribution in [2.45, 2.75) is 110 Å². The number of phosphoric acid groups is 1. The zero-order valence-corrected chi connectivity index (χ0v) is 28.5. The van der Waals surface area contributed by atoms with E-state index in [9.17, 15) is 23.9 Å². The number of ether oxygens (including phenoxy) is 2. The minimum Gasteiger partial charge on any atom is -0.790 e. The van der Waals surface area contributed by atoms with Crippen LogP contribution in [0.25, 0.3) is 0 Å². The Hall–Kier alpha value is -0.270. The van der Waals surface area contributed by atoms with Crippen LogP contribution in [-0.2, 0) is 28.2 Å². The molecule has 0 aliphatic carbocycles. The van der Waals surface area contributed by atoms with E-state index in [1.54, 1.807) is 6.92 Å². The van der Waals surface area contributed by atoms with E-state index >= 15 is 0 Å². The molecule has 11 heteroatoms. The van der Waals surface area contributed by atoms with Gasteiger partial charge in [0.15, 0.2) is 6.10 Å². The van der Waals surface area contributed by atoms with Crippen molar-refractivity contribution >= 4 is 19.8 Å². The van der Waals surface area contributed by atoms with Crippen LogP contribution in [0.1, 0.15) is 104 Å². The van der Waals surface area contributed by atoms with Gasteiger partial charge in [0.1, 0.15) is 6.61 Å². The van der Waals surface area contributed by atoms with Gasteiger partial charge in [-0.25, -0.2) is 4.79 Å². The summed E-state index contributed by atoms with van der Waals surface area (Å²) in [5.74, 6) is 12.5. The zero-order valence-electron chi connectivity index (χ0n) is 23.6. The summed E-state index contributed by atoms with van der Waals surface area (Å²) in [6, 6.07) is 0. The summed E-state index contributed by atoms with van der Waals surface area (Å²) in [5, 5.41) is 0. The molecule has 0 amide bonds. The molecule has 0 rings (SSSR count). The summed E-state index contributed by atoms with van der Waals surface area (Å²) >= 11 is 0. The molecule has 0 unspecified atom stereocenters. The van der Waals surface area contributed by atoms with Gasteiger partial charge < -0.3 is 28.3 Å². The molecule has 0 fully saturated rings. The fourth-order valence-electron chi connectivity index (χ4n) is 3.23. The number of rotatable bonds is 20. The maximum atomic E-state index is 12.1. The van der Waals surface area contributed by atoms with Crippen molar-refractivity contribution in [2.75, 3.05) is 13.2 Å². The SMILES string of the molecule is CC#CC#CC#CC(=O)OC[C@H](COP(=O)([O-])[O-])OC(=O)CCCCCCCCCCCCCCC.[Na+].[Na+]. The summed E-state index contributed by atoms with van der Waals surface area (Å²) < 4.78 is 24.9. The molecule has 0 aliphatic heterocycles. The Labute approximate surface area is 273 Å². The molecular formula is C27H39Na2O8P. The molecule has 1 atom stereocenters.